The Morgan fingerprint density at radius 2 is 1.30 bits per heavy atom. The average molecular weight is 523 g/mol. The minimum atomic E-state index is 0.344. The van der Waals surface area contributed by atoms with Gasteiger partial charge in [-0.15, -0.1) is 0 Å². The van der Waals surface area contributed by atoms with E-state index in [4.69, 9.17) is 14.7 Å². The maximum Gasteiger partial charge on any atom is 0.233 e. The van der Waals surface area contributed by atoms with Crippen LogP contribution >= 0.6 is 15.9 Å². The normalized spacial score (nSPS) is 16.4. The number of anilines is 1. The molecule has 0 atom stereocenters. The fourth-order valence-corrected chi connectivity index (χ4v) is 5.36. The second-order valence-corrected chi connectivity index (χ2v) is 11.1. The predicted octanol–water partition coefficient (Wildman–Crippen LogP) is 8.79. The molecule has 0 bridgehead atoms. The number of aromatic nitrogens is 2. The van der Waals surface area contributed by atoms with E-state index in [2.05, 4.69) is 27.8 Å². The van der Waals surface area contributed by atoms with Crippen molar-refractivity contribution in [3.05, 3.63) is 10.2 Å². The molecule has 0 N–H and O–H groups in total. The van der Waals surface area contributed by atoms with Gasteiger partial charge in [-0.05, 0) is 60.9 Å². The van der Waals surface area contributed by atoms with Crippen LogP contribution in [0.5, 0.6) is 5.88 Å². The number of rotatable bonds is 18. The highest BCUT2D eigenvalue weighted by Crippen LogP contribution is 2.34. The zero-order valence-electron chi connectivity index (χ0n) is 21.3. The molecule has 1 saturated heterocycles. The van der Waals surface area contributed by atoms with E-state index in [1.165, 1.54) is 109 Å². The smallest absolute Gasteiger partial charge is 0.233 e. The topological polar surface area (TPSA) is 38.2 Å². The number of aryl methyl sites for hydroxylation is 1. The van der Waals surface area contributed by atoms with Gasteiger partial charge in [-0.3, -0.25) is 0 Å². The van der Waals surface area contributed by atoms with E-state index in [1.807, 2.05) is 0 Å². The Morgan fingerprint density at radius 1 is 0.758 bits per heavy atom. The highest BCUT2D eigenvalue weighted by atomic mass is 79.9. The first-order valence-corrected chi connectivity index (χ1v) is 15.0. The number of nitrogens with zero attached hydrogens (tertiary/aromatic N) is 3. The van der Waals surface area contributed by atoms with E-state index in [-0.39, 0.29) is 0 Å². The van der Waals surface area contributed by atoms with E-state index in [0.717, 1.165) is 54.3 Å². The van der Waals surface area contributed by atoms with Gasteiger partial charge in [0.2, 0.25) is 11.8 Å². The van der Waals surface area contributed by atoms with Crippen LogP contribution in [0.2, 0.25) is 0 Å². The first kappa shape index (κ1) is 26.8. The van der Waals surface area contributed by atoms with Crippen molar-refractivity contribution in [2.75, 3.05) is 18.0 Å². The molecule has 2 fully saturated rings. The predicted molar refractivity (Wildman–Crippen MR) is 143 cm³/mol. The molecule has 33 heavy (non-hydrogen) atoms. The molecule has 2 heterocycles. The summed E-state index contributed by atoms with van der Waals surface area (Å²) < 4.78 is 7.21. The lowest BCUT2D eigenvalue weighted by atomic mass is 9.96. The summed E-state index contributed by atoms with van der Waals surface area (Å²) in [6, 6.07) is 0. The lowest BCUT2D eigenvalue weighted by Gasteiger charge is -2.27. The van der Waals surface area contributed by atoms with Gasteiger partial charge >= 0.3 is 0 Å². The summed E-state index contributed by atoms with van der Waals surface area (Å²) in [5.41, 5.74) is 1.14. The molecule has 2 aliphatic rings. The average Bonchev–Trinajstić information content (AvgIpc) is 3.33. The Labute approximate surface area is 211 Å². The van der Waals surface area contributed by atoms with E-state index in [0.29, 0.717) is 6.10 Å². The molecule has 0 aromatic carbocycles. The van der Waals surface area contributed by atoms with E-state index in [1.54, 1.807) is 0 Å². The summed E-state index contributed by atoms with van der Waals surface area (Å²) in [5.74, 6) is 1.65. The van der Waals surface area contributed by atoms with Crippen molar-refractivity contribution in [3.8, 4) is 5.88 Å². The quantitative estimate of drug-likeness (QED) is 0.181. The zero-order chi connectivity index (χ0) is 23.1. The van der Waals surface area contributed by atoms with Gasteiger partial charge in [-0.1, -0.05) is 90.4 Å². The molecule has 1 aliphatic carbocycles. The third-order valence-electron chi connectivity index (χ3n) is 7.36. The van der Waals surface area contributed by atoms with Gasteiger partial charge in [0.05, 0.1) is 5.69 Å². The van der Waals surface area contributed by atoms with Gasteiger partial charge in [0, 0.05) is 13.1 Å². The van der Waals surface area contributed by atoms with Crippen LogP contribution < -0.4 is 9.64 Å². The molecule has 0 spiro atoms. The zero-order valence-corrected chi connectivity index (χ0v) is 22.8. The number of hydrogen-bond donors (Lipinski definition) is 0. The van der Waals surface area contributed by atoms with Crippen LogP contribution in [-0.2, 0) is 6.42 Å². The number of ether oxygens (including phenoxy) is 1. The summed E-state index contributed by atoms with van der Waals surface area (Å²) in [5, 5.41) is 0. The van der Waals surface area contributed by atoms with Crippen LogP contribution in [0.3, 0.4) is 0 Å². The molecule has 1 aliphatic heterocycles. The molecule has 188 valence electrons. The van der Waals surface area contributed by atoms with Crippen molar-refractivity contribution in [1.82, 2.24) is 9.97 Å². The van der Waals surface area contributed by atoms with Crippen LogP contribution in [0.25, 0.3) is 0 Å². The largest absolute Gasteiger partial charge is 0.473 e. The molecule has 1 aromatic heterocycles. The van der Waals surface area contributed by atoms with Gasteiger partial charge in [-0.25, -0.2) is 4.98 Å². The van der Waals surface area contributed by atoms with Crippen molar-refractivity contribution in [1.29, 1.82) is 0 Å². The number of halogens is 1. The molecule has 0 radical (unpaired) electrons. The van der Waals surface area contributed by atoms with Gasteiger partial charge in [0.25, 0.3) is 0 Å². The summed E-state index contributed by atoms with van der Waals surface area (Å²) in [4.78, 5) is 12.1. The Balaban J connectivity index is 1.30. The molecular formula is C28H48BrN3O. The minimum Gasteiger partial charge on any atom is -0.473 e. The summed E-state index contributed by atoms with van der Waals surface area (Å²) in [6.45, 7) is 4.44. The van der Waals surface area contributed by atoms with Crippen molar-refractivity contribution < 1.29 is 4.74 Å². The van der Waals surface area contributed by atoms with Gasteiger partial charge in [-0.2, -0.15) is 4.98 Å². The van der Waals surface area contributed by atoms with Crippen LogP contribution in [0.1, 0.15) is 135 Å². The second kappa shape index (κ2) is 15.9. The molecule has 4 nitrogen and oxygen atoms in total. The number of hydrogen-bond acceptors (Lipinski definition) is 4. The van der Waals surface area contributed by atoms with Crippen LogP contribution in [0.15, 0.2) is 4.47 Å². The Bertz CT molecular complexity index is 659. The fraction of sp³-hybridized carbons (Fsp3) is 0.857. The van der Waals surface area contributed by atoms with Gasteiger partial charge in [0.15, 0.2) is 0 Å². The minimum absolute atomic E-state index is 0.344. The maximum atomic E-state index is 6.22. The third kappa shape index (κ3) is 9.74. The standard InChI is InChI=1S/C28H48BrN3O/c1-2-3-4-5-6-7-8-9-10-11-12-13-14-15-21-25-26(29)27(33-24-19-18-20-24)31-28(30-25)32-22-16-17-23-32/h24H,2-23H2,1H3. The van der Waals surface area contributed by atoms with Gasteiger partial charge in [0.1, 0.15) is 10.6 Å². The lowest BCUT2D eigenvalue weighted by molar-refractivity contribution is 0.113. The van der Waals surface area contributed by atoms with Crippen molar-refractivity contribution in [2.24, 2.45) is 0 Å². The third-order valence-corrected chi connectivity index (χ3v) is 8.16. The van der Waals surface area contributed by atoms with Crippen molar-refractivity contribution >= 4 is 21.9 Å². The van der Waals surface area contributed by atoms with E-state index >= 15 is 0 Å². The molecule has 1 aromatic rings. The lowest BCUT2D eigenvalue weighted by Crippen LogP contribution is -2.27. The highest BCUT2D eigenvalue weighted by molar-refractivity contribution is 9.10. The fourth-order valence-electron chi connectivity index (χ4n) is 4.89. The Hall–Kier alpha value is -0.840. The first-order valence-electron chi connectivity index (χ1n) is 14.3. The summed E-state index contributed by atoms with van der Waals surface area (Å²) in [6.07, 6.45) is 26.9. The molecule has 0 unspecified atom stereocenters. The summed E-state index contributed by atoms with van der Waals surface area (Å²) in [7, 11) is 0. The molecule has 3 rings (SSSR count). The Kier molecular flexibility index (Phi) is 12.9. The molecule has 5 heteroatoms. The highest BCUT2D eigenvalue weighted by Gasteiger charge is 2.24. The monoisotopic (exact) mass is 521 g/mol. The molecule has 1 saturated carbocycles. The Morgan fingerprint density at radius 3 is 1.82 bits per heavy atom. The van der Waals surface area contributed by atoms with Crippen LogP contribution in [0.4, 0.5) is 5.95 Å². The maximum absolute atomic E-state index is 6.22. The van der Waals surface area contributed by atoms with Crippen molar-refractivity contribution in [3.63, 3.8) is 0 Å². The van der Waals surface area contributed by atoms with Crippen LogP contribution in [0, 0.1) is 0 Å². The van der Waals surface area contributed by atoms with Gasteiger partial charge < -0.3 is 9.64 Å². The SMILES string of the molecule is CCCCCCCCCCCCCCCCc1nc(N2CCCC2)nc(OC2CCC2)c1Br. The molecule has 0 amide bonds. The van der Waals surface area contributed by atoms with E-state index in [9.17, 15) is 0 Å². The van der Waals surface area contributed by atoms with Crippen LogP contribution in [-0.4, -0.2) is 29.2 Å². The van der Waals surface area contributed by atoms with Crippen molar-refractivity contribution in [2.45, 2.75) is 141 Å². The number of unbranched alkanes of at least 4 members (excludes halogenated alkanes) is 13. The van der Waals surface area contributed by atoms with E-state index < -0.39 is 0 Å². The first-order chi connectivity index (χ1) is 16.3. The molecular weight excluding hydrogens is 474 g/mol. The summed E-state index contributed by atoms with van der Waals surface area (Å²) >= 11 is 3.78. The second-order valence-electron chi connectivity index (χ2n) is 10.3.